The van der Waals surface area contributed by atoms with Crippen molar-refractivity contribution in [3.05, 3.63) is 269 Å². The van der Waals surface area contributed by atoms with E-state index in [0.717, 1.165) is 121 Å². The van der Waals surface area contributed by atoms with Crippen molar-refractivity contribution in [2.75, 3.05) is 117 Å². The Morgan fingerprint density at radius 3 is 1.32 bits per heavy atom. The number of methoxy groups -OCH3 is 1. The van der Waals surface area contributed by atoms with Gasteiger partial charge in [-0.1, -0.05) is 49.9 Å². The van der Waals surface area contributed by atoms with Crippen molar-refractivity contribution in [3.8, 4) is 5.75 Å². The molecule has 7 aliphatic rings. The van der Waals surface area contributed by atoms with Gasteiger partial charge in [0.25, 0.3) is 0 Å². The standard InChI is InChI=1S/C28H34N4.C21H24FN3O.2C21H22N4O.C20H29N3.CH4/c1-29-21-5-8-27-24(16-21)23-14-18(4-7-26(23)31-27)13-19-3-6-22-25(17-32(2)28(22)15-19)20-9-11-30-12-10-20;1-25-13-18(14-7-9-23-10-8-14)17-5-3-15(11-20(17)25)24-16-4-6-19(22)21(12-16)26-2;1-25-12-18(14-6-8-22-9-7-14)17-4-2-16(11-20(17)25)24-15-3-5-21-19(10-15)23-13-26-21;1-25-8-6-14(7-9-25)18-12-22-19-10-15(2-4-17(18)19)24-16-3-5-21-20(11-16)23-13-26-21;1-21-16-4-6-20-18(13-16)17-12-15(3-5-19(17)22-20)11-14-7-9-23(2)10-8-14;/h3-4,6-7,14-15,17,20-21,29-31H,5,8-13,16H2,1-2H3;3-6,11-14,23-24H,7-10H2,1-2H3;2*2-5,10-14,22,24H,6-9H2,1H3;3,5,12,14,16,21-22H,4,6-11,13H2,1-2H3;1H4. The highest BCUT2D eigenvalue weighted by molar-refractivity contribution is 5.93. The van der Waals surface area contributed by atoms with Crippen LogP contribution in [0.1, 0.15) is 170 Å². The number of piperidine rings is 5. The van der Waals surface area contributed by atoms with Crippen LogP contribution in [0.5, 0.6) is 5.75 Å². The molecule has 24 rings (SSSR count). The molecule has 2 aliphatic carbocycles. The van der Waals surface area contributed by atoms with Crippen LogP contribution in [0.2, 0.25) is 0 Å². The molecular weight excluding hydrogens is 1660 g/mol. The van der Waals surface area contributed by atoms with E-state index < -0.39 is 0 Å². The van der Waals surface area contributed by atoms with Gasteiger partial charge in [0.05, 0.1) is 18.1 Å². The molecule has 9 aromatic carbocycles. The van der Waals surface area contributed by atoms with Crippen LogP contribution in [0, 0.1) is 11.7 Å². The number of rotatable bonds is 17. The van der Waals surface area contributed by atoms with E-state index in [0.29, 0.717) is 35.8 Å². The number of anilines is 6. The van der Waals surface area contributed by atoms with Gasteiger partial charge in [-0.3, -0.25) is 0 Å². The van der Waals surface area contributed by atoms with Crippen LogP contribution < -0.4 is 47.3 Å². The molecule has 13 heterocycles. The van der Waals surface area contributed by atoms with Gasteiger partial charge in [-0.05, 0) is 404 Å². The number of benzene rings is 9. The zero-order chi connectivity index (χ0) is 90.6. The smallest absolute Gasteiger partial charge is 0.181 e. The number of likely N-dealkylation sites (tertiary alicyclic amines) is 2. The summed E-state index contributed by atoms with van der Waals surface area (Å²) in [5, 5.41) is 36.0. The second-order valence-corrected chi connectivity index (χ2v) is 38.9. The summed E-state index contributed by atoms with van der Waals surface area (Å²) in [6.07, 6.45) is 33.9. The van der Waals surface area contributed by atoms with E-state index in [1.807, 2.05) is 36.4 Å². The fourth-order valence-electron chi connectivity index (χ4n) is 22.4. The molecule has 0 amide bonds. The molecule has 17 aromatic rings. The summed E-state index contributed by atoms with van der Waals surface area (Å²) in [7, 11) is 16.5. The summed E-state index contributed by atoms with van der Waals surface area (Å²) in [5.41, 5.74) is 33.2. The van der Waals surface area contributed by atoms with E-state index in [-0.39, 0.29) is 19.0 Å². The quantitative estimate of drug-likeness (QED) is 0.0408. The van der Waals surface area contributed by atoms with Crippen molar-refractivity contribution in [2.24, 2.45) is 27.1 Å². The first kappa shape index (κ1) is 91.1. The molecule has 0 spiro atoms. The topological polar surface area (TPSA) is 226 Å². The first-order valence-electron chi connectivity index (χ1n) is 48.9. The number of nitrogens with one attached hydrogen (secondary N) is 11. The maximum atomic E-state index is 13.6. The van der Waals surface area contributed by atoms with Gasteiger partial charge in [0, 0.05) is 164 Å². The van der Waals surface area contributed by atoms with E-state index in [9.17, 15) is 4.39 Å². The molecule has 5 fully saturated rings. The lowest BCUT2D eigenvalue weighted by atomic mass is 9.88. The van der Waals surface area contributed by atoms with Crippen molar-refractivity contribution >= 4 is 122 Å². The molecule has 21 nitrogen and oxygen atoms in total. The number of aromatic amines is 3. The predicted molar refractivity (Wildman–Crippen MR) is 552 cm³/mol. The van der Waals surface area contributed by atoms with Gasteiger partial charge in [0.2, 0.25) is 0 Å². The minimum atomic E-state index is -0.359. The van der Waals surface area contributed by atoms with Gasteiger partial charge in [-0.15, -0.1) is 0 Å². The van der Waals surface area contributed by atoms with Gasteiger partial charge in [0.1, 0.15) is 11.0 Å². The number of halogens is 1. The largest absolute Gasteiger partial charge is 0.494 e. The lowest BCUT2D eigenvalue weighted by Crippen LogP contribution is -2.31. The number of aryl methyl sites for hydroxylation is 5. The SMILES string of the molecule is C.CN1CCC(c2c[nH]c3cc(Nc4ccc5ocnc5c4)ccc23)CC1.CNC1CCc2[nH]c3ccc(CC4CCN(C)CC4)cc3c2C1.CNC1CCc2[nH]c3ccc(Cc4ccc5c(C6CCNCC6)cn(C)c5c4)cc3c2C1.COc1cc(Nc2ccc3c(C4CCNCC4)cn(C)c3c2)ccc1F.Cn1cc(C2CCNCC2)c2ccc(Nc3ccc4ocnc4c3)cc21. The Bertz CT molecular complexity index is 6900. The number of fused-ring (bicyclic) bond motifs is 12. The second kappa shape index (κ2) is 41.1. The normalized spacial score (nSPS) is 17.9. The Labute approximate surface area is 786 Å². The average Bonchev–Trinajstić information content (AvgIpc) is 1.63. The monoisotopic (exact) mass is 1800 g/mol. The van der Waals surface area contributed by atoms with Crippen molar-refractivity contribution < 1.29 is 18.0 Å². The molecule has 8 aromatic heterocycles. The van der Waals surface area contributed by atoms with Gasteiger partial charge in [-0.25, -0.2) is 14.4 Å². The molecule has 5 saturated heterocycles. The minimum Gasteiger partial charge on any atom is -0.494 e. The minimum absolute atomic E-state index is 0. The maximum absolute atomic E-state index is 13.6. The molecule has 698 valence electrons. The van der Waals surface area contributed by atoms with E-state index in [1.165, 1.54) is 270 Å². The molecular formula is C112H135FN18O3. The number of oxazole rings is 2. The highest BCUT2D eigenvalue weighted by Crippen LogP contribution is 2.42. The summed E-state index contributed by atoms with van der Waals surface area (Å²) in [4.78, 5) is 24.1. The second-order valence-electron chi connectivity index (χ2n) is 38.9. The molecule has 11 N–H and O–H groups in total. The Morgan fingerprint density at radius 2 is 0.821 bits per heavy atom. The predicted octanol–water partition coefficient (Wildman–Crippen LogP) is 22.5. The Balaban J connectivity index is 0.000000108. The first-order chi connectivity index (χ1) is 65.1. The molecule has 0 radical (unpaired) electrons. The summed E-state index contributed by atoms with van der Waals surface area (Å²) in [6.45, 7) is 11.6. The van der Waals surface area contributed by atoms with Crippen molar-refractivity contribution in [3.63, 3.8) is 0 Å². The summed E-state index contributed by atoms with van der Waals surface area (Å²) in [6, 6.07) is 58.9. The number of H-pyrrole nitrogens is 3. The van der Waals surface area contributed by atoms with Crippen LogP contribution in [0.25, 0.3) is 87.6 Å². The van der Waals surface area contributed by atoms with E-state index >= 15 is 0 Å². The average molecular weight is 1800 g/mol. The van der Waals surface area contributed by atoms with Crippen molar-refractivity contribution in [1.29, 1.82) is 0 Å². The zero-order valence-corrected chi connectivity index (χ0v) is 78.6. The fourth-order valence-corrected chi connectivity index (χ4v) is 22.4. The fraction of sp³-hybridized carbons (Fsp3) is 0.393. The summed E-state index contributed by atoms with van der Waals surface area (Å²) >= 11 is 0. The van der Waals surface area contributed by atoms with Gasteiger partial charge < -0.3 is 94.6 Å². The van der Waals surface area contributed by atoms with Crippen LogP contribution >= 0.6 is 0 Å². The molecule has 134 heavy (non-hydrogen) atoms. The molecule has 2 unspecified atom stereocenters. The lowest BCUT2D eigenvalue weighted by Gasteiger charge is -2.29. The van der Waals surface area contributed by atoms with Crippen molar-refractivity contribution in [1.82, 2.24) is 75.0 Å². The highest BCUT2D eigenvalue weighted by atomic mass is 19.1. The third-order valence-corrected chi connectivity index (χ3v) is 30.1. The van der Waals surface area contributed by atoms with Gasteiger partial charge in [-0.2, -0.15) is 0 Å². The Morgan fingerprint density at radius 1 is 0.410 bits per heavy atom. The maximum Gasteiger partial charge on any atom is 0.181 e. The van der Waals surface area contributed by atoms with Crippen molar-refractivity contribution in [2.45, 2.75) is 159 Å². The zero-order valence-electron chi connectivity index (χ0n) is 78.6. The van der Waals surface area contributed by atoms with Crippen LogP contribution in [0.3, 0.4) is 0 Å². The highest BCUT2D eigenvalue weighted by Gasteiger charge is 2.29. The van der Waals surface area contributed by atoms with Crippen LogP contribution in [-0.2, 0) is 59.7 Å². The molecule has 2 atom stereocenters. The van der Waals surface area contributed by atoms with Crippen LogP contribution in [0.4, 0.5) is 38.5 Å². The van der Waals surface area contributed by atoms with Crippen LogP contribution in [0.15, 0.2) is 210 Å². The first-order valence-corrected chi connectivity index (χ1v) is 48.9. The molecule has 0 saturated carbocycles. The summed E-state index contributed by atoms with van der Waals surface area (Å²) < 4.78 is 36.0. The number of hydrogen-bond acceptors (Lipinski definition) is 15. The van der Waals surface area contributed by atoms with E-state index in [4.69, 9.17) is 13.6 Å². The number of nitrogens with zero attached hydrogens (tertiary/aromatic N) is 7. The Hall–Kier alpha value is -12.0. The van der Waals surface area contributed by atoms with Gasteiger partial charge in [0.15, 0.2) is 35.5 Å². The Kier molecular flexibility index (Phi) is 27.9. The molecule has 0 bridgehead atoms. The van der Waals surface area contributed by atoms with Crippen LogP contribution in [-0.4, -0.2) is 161 Å². The number of likely N-dealkylation sites (N-methyl/N-ethyl adjacent to an activating group) is 2. The number of hydrogen-bond donors (Lipinski definition) is 11. The van der Waals surface area contributed by atoms with E-state index in [2.05, 4.69) is 274 Å². The molecule has 5 aliphatic heterocycles. The third kappa shape index (κ3) is 20.2. The number of ether oxygens (including phenoxy) is 1. The summed E-state index contributed by atoms with van der Waals surface area (Å²) in [5.74, 6) is 3.38. The number of aromatic nitrogens is 8. The van der Waals surface area contributed by atoms with E-state index in [1.54, 1.807) is 17.7 Å². The third-order valence-electron chi connectivity index (χ3n) is 30.1. The molecule has 22 heteroatoms. The lowest BCUT2D eigenvalue weighted by molar-refractivity contribution is 0.219. The van der Waals surface area contributed by atoms with Gasteiger partial charge >= 0.3 is 0 Å².